The molecule has 0 radical (unpaired) electrons. The number of amides is 1. The number of nitrogens with zero attached hydrogens (tertiary/aromatic N) is 1. The van der Waals surface area contributed by atoms with Crippen LogP contribution >= 0.6 is 11.3 Å². The number of hydrogen-bond donors (Lipinski definition) is 1. The summed E-state index contributed by atoms with van der Waals surface area (Å²) in [6.45, 7) is 6.36. The molecule has 2 heterocycles. The van der Waals surface area contributed by atoms with Gasteiger partial charge in [0.25, 0.3) is 5.91 Å². The van der Waals surface area contributed by atoms with E-state index in [9.17, 15) is 9.59 Å². The van der Waals surface area contributed by atoms with Gasteiger partial charge >= 0.3 is 5.97 Å². The smallest absolute Gasteiger partial charge is 0.357 e. The van der Waals surface area contributed by atoms with Crippen molar-refractivity contribution in [2.24, 2.45) is 0 Å². The summed E-state index contributed by atoms with van der Waals surface area (Å²) in [5, 5.41) is 5.87. The average Bonchev–Trinajstić information content (AvgIpc) is 3.29. The van der Waals surface area contributed by atoms with Gasteiger partial charge in [-0.25, -0.2) is 9.78 Å². The summed E-state index contributed by atoms with van der Waals surface area (Å²) in [5.41, 5.74) is 1.59. The van der Waals surface area contributed by atoms with Crippen LogP contribution in [0.15, 0.2) is 34.1 Å². The summed E-state index contributed by atoms with van der Waals surface area (Å²) in [6, 6.07) is 7.47. The van der Waals surface area contributed by atoms with Crippen molar-refractivity contribution < 1.29 is 23.5 Å². The number of para-hydroxylation sites is 1. The van der Waals surface area contributed by atoms with Crippen LogP contribution in [-0.2, 0) is 22.6 Å². The third kappa shape index (κ3) is 4.58. The Hall–Kier alpha value is -2.71. The Morgan fingerprint density at radius 3 is 2.82 bits per heavy atom. The highest BCUT2D eigenvalue weighted by Gasteiger charge is 2.21. The maximum atomic E-state index is 12.7. The molecule has 1 aromatic carbocycles. The molecular formula is C20H22N2O5S. The van der Waals surface area contributed by atoms with E-state index < -0.39 is 5.97 Å². The van der Waals surface area contributed by atoms with Crippen molar-refractivity contribution in [2.45, 2.75) is 40.0 Å². The topological polar surface area (TPSA) is 90.7 Å². The van der Waals surface area contributed by atoms with Crippen molar-refractivity contribution in [3.8, 4) is 0 Å². The molecule has 0 bridgehead atoms. The molecule has 0 saturated heterocycles. The first-order valence-electron chi connectivity index (χ1n) is 9.01. The highest BCUT2D eigenvalue weighted by atomic mass is 32.1. The summed E-state index contributed by atoms with van der Waals surface area (Å²) < 4.78 is 16.4. The van der Waals surface area contributed by atoms with Gasteiger partial charge in [-0.15, -0.1) is 11.3 Å². The predicted molar refractivity (Wildman–Crippen MR) is 105 cm³/mol. The quantitative estimate of drug-likeness (QED) is 0.574. The molecule has 0 aliphatic rings. The largest absolute Gasteiger partial charge is 0.461 e. The molecule has 0 aliphatic heterocycles. The van der Waals surface area contributed by atoms with E-state index in [0.29, 0.717) is 16.2 Å². The van der Waals surface area contributed by atoms with Crippen LogP contribution < -0.4 is 5.32 Å². The van der Waals surface area contributed by atoms with E-state index in [2.05, 4.69) is 10.3 Å². The zero-order valence-corrected chi connectivity index (χ0v) is 16.8. The summed E-state index contributed by atoms with van der Waals surface area (Å²) >= 11 is 1.28. The number of rotatable bonds is 8. The van der Waals surface area contributed by atoms with Crippen LogP contribution in [0.3, 0.4) is 0 Å². The number of thiazole rings is 1. The van der Waals surface area contributed by atoms with Crippen molar-refractivity contribution >= 4 is 34.2 Å². The van der Waals surface area contributed by atoms with Crippen molar-refractivity contribution in [1.82, 2.24) is 10.3 Å². The summed E-state index contributed by atoms with van der Waals surface area (Å²) in [6.07, 6.45) is 0.0289. The maximum absolute atomic E-state index is 12.7. The van der Waals surface area contributed by atoms with Gasteiger partial charge in [0.15, 0.2) is 11.5 Å². The van der Waals surface area contributed by atoms with Gasteiger partial charge in [-0.2, -0.15) is 0 Å². The first-order valence-corrected chi connectivity index (χ1v) is 9.89. The number of ether oxygens (including phenoxy) is 2. The second kappa shape index (κ2) is 8.99. The third-order valence-electron chi connectivity index (χ3n) is 3.90. The zero-order chi connectivity index (χ0) is 20.1. The molecule has 0 spiro atoms. The van der Waals surface area contributed by atoms with Gasteiger partial charge < -0.3 is 19.2 Å². The number of carbonyl (C=O) groups is 2. The molecule has 2 aromatic heterocycles. The van der Waals surface area contributed by atoms with E-state index in [1.807, 2.05) is 38.1 Å². The van der Waals surface area contributed by atoms with Crippen LogP contribution in [-0.4, -0.2) is 29.6 Å². The molecule has 1 amide bonds. The minimum absolute atomic E-state index is 0.0289. The Balaban J connectivity index is 1.74. The van der Waals surface area contributed by atoms with E-state index >= 15 is 0 Å². The molecule has 148 valence electrons. The van der Waals surface area contributed by atoms with Gasteiger partial charge in [-0.1, -0.05) is 18.2 Å². The van der Waals surface area contributed by atoms with E-state index in [1.165, 1.54) is 11.3 Å². The molecule has 8 heteroatoms. The lowest BCUT2D eigenvalue weighted by atomic mass is 10.1. The van der Waals surface area contributed by atoms with Crippen LogP contribution in [0.2, 0.25) is 0 Å². The average molecular weight is 402 g/mol. The van der Waals surface area contributed by atoms with Crippen LogP contribution in [0.4, 0.5) is 0 Å². The van der Waals surface area contributed by atoms with E-state index in [1.54, 1.807) is 12.3 Å². The SMILES string of the molecule is CCOC(=O)c1csc(CNC(=O)c2oc3ccccc3c2COC(C)C)n1. The normalized spacial score (nSPS) is 11.1. The molecule has 0 saturated carbocycles. The molecule has 28 heavy (non-hydrogen) atoms. The molecule has 3 aromatic rings. The lowest BCUT2D eigenvalue weighted by Crippen LogP contribution is -2.23. The maximum Gasteiger partial charge on any atom is 0.357 e. The first kappa shape index (κ1) is 20.0. The van der Waals surface area contributed by atoms with Gasteiger partial charge in [0.1, 0.15) is 10.6 Å². The van der Waals surface area contributed by atoms with Crippen molar-refractivity contribution in [1.29, 1.82) is 0 Å². The van der Waals surface area contributed by atoms with E-state index in [4.69, 9.17) is 13.9 Å². The Labute approximate surface area is 166 Å². The molecule has 1 N–H and O–H groups in total. The lowest BCUT2D eigenvalue weighted by molar-refractivity contribution is 0.0520. The third-order valence-corrected chi connectivity index (χ3v) is 4.75. The zero-order valence-electron chi connectivity index (χ0n) is 16.0. The highest BCUT2D eigenvalue weighted by Crippen LogP contribution is 2.27. The van der Waals surface area contributed by atoms with E-state index in [-0.39, 0.29) is 43.2 Å². The fourth-order valence-electron chi connectivity index (χ4n) is 2.60. The Morgan fingerprint density at radius 1 is 1.29 bits per heavy atom. The molecule has 0 fully saturated rings. The van der Waals surface area contributed by atoms with Gasteiger partial charge in [0.2, 0.25) is 0 Å². The summed E-state index contributed by atoms with van der Waals surface area (Å²) in [7, 11) is 0. The molecular weight excluding hydrogens is 380 g/mol. The number of hydrogen-bond acceptors (Lipinski definition) is 7. The van der Waals surface area contributed by atoms with Crippen LogP contribution in [0.25, 0.3) is 11.0 Å². The van der Waals surface area contributed by atoms with Gasteiger partial charge in [0, 0.05) is 16.3 Å². The Morgan fingerprint density at radius 2 is 2.07 bits per heavy atom. The molecule has 7 nitrogen and oxygen atoms in total. The number of aromatic nitrogens is 1. The molecule has 0 aliphatic carbocycles. The Bertz CT molecular complexity index is 976. The standard InChI is InChI=1S/C20H22N2O5S/c1-4-25-20(24)15-11-28-17(22-15)9-21-19(23)18-14(10-26-12(2)3)13-7-5-6-8-16(13)27-18/h5-8,11-12H,4,9-10H2,1-3H3,(H,21,23). The monoisotopic (exact) mass is 402 g/mol. The van der Waals surface area contributed by atoms with Gasteiger partial charge in [-0.3, -0.25) is 4.79 Å². The molecule has 3 rings (SSSR count). The van der Waals surface area contributed by atoms with Crippen LogP contribution in [0.5, 0.6) is 0 Å². The number of fused-ring (bicyclic) bond motifs is 1. The minimum atomic E-state index is -0.471. The second-order valence-electron chi connectivity index (χ2n) is 6.30. The molecule has 0 atom stereocenters. The number of esters is 1. The molecule has 0 unspecified atom stereocenters. The Kier molecular flexibility index (Phi) is 6.43. The van der Waals surface area contributed by atoms with Gasteiger partial charge in [0.05, 0.1) is 25.9 Å². The van der Waals surface area contributed by atoms with Crippen LogP contribution in [0, 0.1) is 0 Å². The summed E-state index contributed by atoms with van der Waals surface area (Å²) in [5.74, 6) is -0.600. The first-order chi connectivity index (χ1) is 13.5. The second-order valence-corrected chi connectivity index (χ2v) is 7.24. The number of nitrogens with one attached hydrogen (secondary N) is 1. The van der Waals surface area contributed by atoms with Gasteiger partial charge in [-0.05, 0) is 26.8 Å². The fourth-order valence-corrected chi connectivity index (χ4v) is 3.31. The number of benzene rings is 1. The number of furan rings is 1. The van der Waals surface area contributed by atoms with Crippen molar-refractivity contribution in [2.75, 3.05) is 6.61 Å². The number of carbonyl (C=O) groups excluding carboxylic acids is 2. The lowest BCUT2D eigenvalue weighted by Gasteiger charge is -2.08. The predicted octanol–water partition coefficient (Wildman–Crippen LogP) is 3.92. The van der Waals surface area contributed by atoms with E-state index in [0.717, 1.165) is 5.39 Å². The highest BCUT2D eigenvalue weighted by molar-refractivity contribution is 7.09. The van der Waals surface area contributed by atoms with Crippen LogP contribution in [0.1, 0.15) is 52.4 Å². The van der Waals surface area contributed by atoms with Crippen molar-refractivity contribution in [3.05, 3.63) is 51.7 Å². The summed E-state index contributed by atoms with van der Waals surface area (Å²) in [4.78, 5) is 28.6. The fraction of sp³-hybridized carbons (Fsp3) is 0.350. The van der Waals surface area contributed by atoms with Crippen molar-refractivity contribution in [3.63, 3.8) is 0 Å². The minimum Gasteiger partial charge on any atom is -0.461 e.